The summed E-state index contributed by atoms with van der Waals surface area (Å²) in [7, 11) is 0. The van der Waals surface area contributed by atoms with E-state index in [2.05, 4.69) is 10.4 Å². The van der Waals surface area contributed by atoms with Crippen molar-refractivity contribution in [2.75, 3.05) is 6.54 Å². The fourth-order valence-corrected chi connectivity index (χ4v) is 5.23. The normalized spacial score (nSPS) is 16.1. The standard InChI is InChI=1S/C28H28ClF3N4O4S/c1-5-20(34-25(38)40-27(2,3)4)15-35-24(37)23(41-26(35)39)11-16-6-9-22-18(10-16)13-33-36(22)14-17-7-8-19(29)12-21(17)28(30,31)32/h6-13,20H,5,14-15H2,1-4H3,(H,34,38)/t20-/m1/s1. The molecule has 0 bridgehead atoms. The smallest absolute Gasteiger partial charge is 0.416 e. The van der Waals surface area contributed by atoms with E-state index in [0.717, 1.165) is 22.7 Å². The molecule has 13 heteroatoms. The van der Waals surface area contributed by atoms with Gasteiger partial charge < -0.3 is 10.1 Å². The van der Waals surface area contributed by atoms with Gasteiger partial charge in [-0.3, -0.25) is 19.2 Å². The molecule has 0 unspecified atom stereocenters. The average molecular weight is 609 g/mol. The molecule has 1 aromatic heterocycles. The Balaban J connectivity index is 1.50. The monoisotopic (exact) mass is 608 g/mol. The minimum absolute atomic E-state index is 0.00579. The van der Waals surface area contributed by atoms with Crippen molar-refractivity contribution < 1.29 is 32.3 Å². The predicted octanol–water partition coefficient (Wildman–Crippen LogP) is 7.10. The lowest BCUT2D eigenvalue weighted by molar-refractivity contribution is -0.138. The highest BCUT2D eigenvalue weighted by molar-refractivity contribution is 8.18. The number of nitrogens with zero attached hydrogens (tertiary/aromatic N) is 3. The van der Waals surface area contributed by atoms with Gasteiger partial charge in [-0.25, -0.2) is 4.79 Å². The molecule has 0 radical (unpaired) electrons. The van der Waals surface area contributed by atoms with Crippen LogP contribution in [0.4, 0.5) is 22.8 Å². The van der Waals surface area contributed by atoms with E-state index in [-0.39, 0.29) is 28.6 Å². The molecule has 8 nitrogen and oxygen atoms in total. The molecule has 2 heterocycles. The van der Waals surface area contributed by atoms with Crippen LogP contribution < -0.4 is 5.32 Å². The van der Waals surface area contributed by atoms with Gasteiger partial charge in [0.1, 0.15) is 5.60 Å². The van der Waals surface area contributed by atoms with Crippen molar-refractivity contribution >= 4 is 57.6 Å². The van der Waals surface area contributed by atoms with Crippen LogP contribution in [0.2, 0.25) is 5.02 Å². The van der Waals surface area contributed by atoms with E-state index < -0.39 is 40.6 Å². The van der Waals surface area contributed by atoms with E-state index in [0.29, 0.717) is 22.9 Å². The highest BCUT2D eigenvalue weighted by Crippen LogP contribution is 2.35. The van der Waals surface area contributed by atoms with Crippen LogP contribution in [0.3, 0.4) is 0 Å². The van der Waals surface area contributed by atoms with E-state index in [1.54, 1.807) is 45.0 Å². The van der Waals surface area contributed by atoms with Crippen LogP contribution in [0.15, 0.2) is 47.5 Å². The van der Waals surface area contributed by atoms with Gasteiger partial charge in [0.2, 0.25) is 0 Å². The van der Waals surface area contributed by atoms with Gasteiger partial charge in [-0.15, -0.1) is 0 Å². The number of carbonyl (C=O) groups excluding carboxylic acids is 3. The van der Waals surface area contributed by atoms with Crippen LogP contribution in [0.5, 0.6) is 0 Å². The highest BCUT2D eigenvalue weighted by Gasteiger charge is 2.37. The molecule has 1 fully saturated rings. The number of thioether (sulfide) groups is 1. The molecule has 1 aliphatic heterocycles. The first-order chi connectivity index (χ1) is 19.1. The zero-order chi connectivity index (χ0) is 30.1. The molecule has 0 saturated carbocycles. The van der Waals surface area contributed by atoms with Crippen molar-refractivity contribution in [3.05, 3.63) is 69.2 Å². The number of alkyl halides is 3. The first-order valence-electron chi connectivity index (χ1n) is 12.7. The Hall–Kier alpha value is -3.51. The van der Waals surface area contributed by atoms with Crippen molar-refractivity contribution in [3.63, 3.8) is 0 Å². The molecule has 2 aromatic carbocycles. The summed E-state index contributed by atoms with van der Waals surface area (Å²) in [6, 6.07) is 8.26. The van der Waals surface area contributed by atoms with Gasteiger partial charge in [-0.2, -0.15) is 18.3 Å². The number of rotatable bonds is 7. The summed E-state index contributed by atoms with van der Waals surface area (Å²) < 4.78 is 47.3. The summed E-state index contributed by atoms with van der Waals surface area (Å²) in [6.45, 7) is 6.91. The number of nitrogens with one attached hydrogen (secondary N) is 1. The minimum Gasteiger partial charge on any atom is -0.444 e. The van der Waals surface area contributed by atoms with Crippen molar-refractivity contribution in [1.82, 2.24) is 20.0 Å². The van der Waals surface area contributed by atoms with E-state index >= 15 is 0 Å². The van der Waals surface area contributed by atoms with Gasteiger partial charge in [0.15, 0.2) is 0 Å². The number of amides is 3. The summed E-state index contributed by atoms with van der Waals surface area (Å²) in [5.74, 6) is -0.484. The number of aromatic nitrogens is 2. The van der Waals surface area contributed by atoms with Crippen molar-refractivity contribution in [1.29, 1.82) is 0 Å². The van der Waals surface area contributed by atoms with Crippen molar-refractivity contribution in [2.45, 2.75) is 58.5 Å². The highest BCUT2D eigenvalue weighted by atomic mass is 35.5. The van der Waals surface area contributed by atoms with E-state index in [9.17, 15) is 27.6 Å². The van der Waals surface area contributed by atoms with Gasteiger partial charge in [-0.1, -0.05) is 30.7 Å². The van der Waals surface area contributed by atoms with Crippen LogP contribution in [0, 0.1) is 0 Å². The van der Waals surface area contributed by atoms with Gasteiger partial charge in [0.05, 0.1) is 41.3 Å². The van der Waals surface area contributed by atoms with Gasteiger partial charge in [0.25, 0.3) is 11.1 Å². The lowest BCUT2D eigenvalue weighted by Gasteiger charge is -2.25. The molecule has 0 aliphatic carbocycles. The lowest BCUT2D eigenvalue weighted by atomic mass is 10.1. The summed E-state index contributed by atoms with van der Waals surface area (Å²) in [5.41, 5.74) is -0.280. The Bertz CT molecular complexity index is 1530. The number of fused-ring (bicyclic) bond motifs is 1. The number of carbonyl (C=O) groups is 3. The third kappa shape index (κ3) is 7.42. The molecule has 1 N–H and O–H groups in total. The molecule has 41 heavy (non-hydrogen) atoms. The number of alkyl carbamates (subject to hydrolysis) is 1. The lowest BCUT2D eigenvalue weighted by Crippen LogP contribution is -2.46. The molecule has 3 aromatic rings. The third-order valence-corrected chi connectivity index (χ3v) is 7.29. The maximum Gasteiger partial charge on any atom is 0.416 e. The molecule has 218 valence electrons. The SMILES string of the molecule is CC[C@H](CN1C(=O)SC(=Cc2ccc3c(cnn3Cc3ccc(Cl)cc3C(F)(F)F)c2)C1=O)NC(=O)OC(C)(C)C. The first kappa shape index (κ1) is 30.4. The second-order valence-electron chi connectivity index (χ2n) is 10.5. The molecule has 3 amide bonds. The van der Waals surface area contributed by atoms with Crippen LogP contribution in [0.25, 0.3) is 17.0 Å². The summed E-state index contributed by atoms with van der Waals surface area (Å²) in [5, 5.41) is 7.13. The second kappa shape index (κ2) is 11.8. The van der Waals surface area contributed by atoms with Crippen LogP contribution in [-0.2, 0) is 22.3 Å². The molecule has 1 aliphatic rings. The van der Waals surface area contributed by atoms with E-state index in [4.69, 9.17) is 16.3 Å². The second-order valence-corrected chi connectivity index (χ2v) is 11.9. The van der Waals surface area contributed by atoms with Crippen molar-refractivity contribution in [3.8, 4) is 0 Å². The van der Waals surface area contributed by atoms with Crippen LogP contribution in [-0.4, -0.2) is 50.1 Å². The summed E-state index contributed by atoms with van der Waals surface area (Å²) in [4.78, 5) is 39.1. The zero-order valence-electron chi connectivity index (χ0n) is 22.7. The molecule has 4 rings (SSSR count). The third-order valence-electron chi connectivity index (χ3n) is 6.15. The number of hydrogen-bond acceptors (Lipinski definition) is 6. The number of imide groups is 1. The molecular weight excluding hydrogens is 581 g/mol. The number of halogens is 4. The largest absolute Gasteiger partial charge is 0.444 e. The first-order valence-corrected chi connectivity index (χ1v) is 13.9. The molecular formula is C28H28ClF3N4O4S. The molecule has 1 saturated heterocycles. The van der Waals surface area contributed by atoms with Gasteiger partial charge in [0, 0.05) is 10.4 Å². The van der Waals surface area contributed by atoms with Crippen molar-refractivity contribution in [2.24, 2.45) is 0 Å². The van der Waals surface area contributed by atoms with Gasteiger partial charge in [-0.05, 0) is 80.4 Å². The Morgan fingerprint density at radius 3 is 2.56 bits per heavy atom. The number of hydrogen-bond donors (Lipinski definition) is 1. The van der Waals surface area contributed by atoms with E-state index in [1.807, 2.05) is 6.92 Å². The Labute approximate surface area is 243 Å². The Morgan fingerprint density at radius 2 is 1.90 bits per heavy atom. The average Bonchev–Trinajstić information content (AvgIpc) is 3.37. The fraction of sp³-hybridized carbons (Fsp3) is 0.357. The quantitative estimate of drug-likeness (QED) is 0.288. The molecule has 1 atom stereocenters. The Morgan fingerprint density at radius 1 is 1.17 bits per heavy atom. The zero-order valence-corrected chi connectivity index (χ0v) is 24.3. The van der Waals surface area contributed by atoms with Crippen LogP contribution in [0.1, 0.15) is 50.8 Å². The topological polar surface area (TPSA) is 93.5 Å². The van der Waals surface area contributed by atoms with E-state index in [1.165, 1.54) is 23.0 Å². The Kier molecular flexibility index (Phi) is 8.74. The minimum atomic E-state index is -4.57. The summed E-state index contributed by atoms with van der Waals surface area (Å²) >= 11 is 6.58. The fourth-order valence-electron chi connectivity index (χ4n) is 4.21. The number of benzene rings is 2. The molecule has 0 spiro atoms. The predicted molar refractivity (Wildman–Crippen MR) is 151 cm³/mol. The summed E-state index contributed by atoms with van der Waals surface area (Å²) in [6.07, 6.45) is -1.63. The number of ether oxygens (including phenoxy) is 1. The van der Waals surface area contributed by atoms with Crippen LogP contribution >= 0.6 is 23.4 Å². The van der Waals surface area contributed by atoms with Gasteiger partial charge >= 0.3 is 12.3 Å². The maximum absolute atomic E-state index is 13.5. The maximum atomic E-state index is 13.5.